The van der Waals surface area contributed by atoms with Gasteiger partial charge in [0.2, 0.25) is 0 Å². The summed E-state index contributed by atoms with van der Waals surface area (Å²) >= 11 is 11.8. The summed E-state index contributed by atoms with van der Waals surface area (Å²) in [5.41, 5.74) is 4.33. The second-order valence-corrected chi connectivity index (χ2v) is 13.3. The summed E-state index contributed by atoms with van der Waals surface area (Å²) in [6.07, 6.45) is 26.0. The molecule has 2 aromatic rings. The molecule has 2 aromatic carbocycles. The fourth-order valence-electron chi connectivity index (χ4n) is 6.13. The number of unbranched alkanes of at least 4 members (excludes halogenated alkanes) is 18. The molecule has 0 fully saturated rings. The first kappa shape index (κ1) is 37.3. The van der Waals surface area contributed by atoms with Crippen LogP contribution in [0.3, 0.4) is 0 Å². The number of benzene rings is 2. The van der Waals surface area contributed by atoms with Crippen molar-refractivity contribution in [2.75, 3.05) is 29.7 Å². The molecule has 0 saturated heterocycles. The van der Waals surface area contributed by atoms with Gasteiger partial charge >= 0.3 is 0 Å². The minimum absolute atomic E-state index is 0.460. The molecule has 250 valence electrons. The van der Waals surface area contributed by atoms with Crippen LogP contribution in [0.15, 0.2) is 48.5 Å². The Hall–Kier alpha value is -2.18. The molecule has 0 amide bonds. The molecular formula is C39H60N2O2S2. The second-order valence-electron chi connectivity index (χ2n) is 12.6. The summed E-state index contributed by atoms with van der Waals surface area (Å²) in [4.78, 5) is 4.16. The van der Waals surface area contributed by atoms with Crippen LogP contribution in [0.2, 0.25) is 0 Å². The first-order valence-electron chi connectivity index (χ1n) is 18.2. The molecule has 0 saturated carbocycles. The molecule has 0 aromatic heterocycles. The molecule has 0 atom stereocenters. The van der Waals surface area contributed by atoms with Crippen LogP contribution in [0.25, 0.3) is 11.1 Å². The monoisotopic (exact) mass is 652 g/mol. The summed E-state index contributed by atoms with van der Waals surface area (Å²) in [7, 11) is 0. The minimum atomic E-state index is 0.460. The maximum Gasteiger partial charge on any atom is 0.265 e. The minimum Gasteiger partial charge on any atom is -0.471 e. The van der Waals surface area contributed by atoms with Crippen molar-refractivity contribution in [1.29, 1.82) is 0 Å². The van der Waals surface area contributed by atoms with Gasteiger partial charge in [0.05, 0.1) is 24.6 Å². The lowest BCUT2D eigenvalue weighted by Gasteiger charge is -2.31. The highest BCUT2D eigenvalue weighted by Crippen LogP contribution is 2.41. The Bertz CT molecular complexity index is 1020. The maximum atomic E-state index is 6.21. The number of ether oxygens (including phenoxy) is 2. The van der Waals surface area contributed by atoms with Crippen LogP contribution in [0.5, 0.6) is 0 Å². The summed E-state index contributed by atoms with van der Waals surface area (Å²) in [6, 6.07) is 16.9. The zero-order valence-corrected chi connectivity index (χ0v) is 30.0. The first-order valence-corrected chi connectivity index (χ1v) is 19.1. The molecule has 1 aliphatic heterocycles. The molecule has 3 rings (SSSR count). The third kappa shape index (κ3) is 13.6. The van der Waals surface area contributed by atoms with Crippen molar-refractivity contribution in [1.82, 2.24) is 0 Å². The standard InChI is InChI=1S/C39H60N2O2S2/c1-3-5-7-9-11-13-15-17-19-25-31-42-38(44)40-33-41(37-30-24-22-28-35(37)34-27-21-23-29-36(34)40)39(45)43-32-26-20-18-16-14-12-10-8-6-4-2/h21-24,27-30H,3-20,25-26,31-33H2,1-2H3. The van der Waals surface area contributed by atoms with E-state index in [4.69, 9.17) is 33.9 Å². The quantitative estimate of drug-likeness (QED) is 0.0927. The lowest BCUT2D eigenvalue weighted by molar-refractivity contribution is 0.288. The van der Waals surface area contributed by atoms with Crippen LogP contribution in [0, 0.1) is 0 Å². The van der Waals surface area contributed by atoms with Crippen molar-refractivity contribution in [3.63, 3.8) is 0 Å². The van der Waals surface area contributed by atoms with Crippen LogP contribution in [0.4, 0.5) is 11.4 Å². The number of rotatable bonds is 22. The highest BCUT2D eigenvalue weighted by molar-refractivity contribution is 7.80. The van der Waals surface area contributed by atoms with E-state index in [9.17, 15) is 0 Å². The van der Waals surface area contributed by atoms with Gasteiger partial charge in [-0.05, 0) is 49.4 Å². The van der Waals surface area contributed by atoms with E-state index in [1.54, 1.807) is 0 Å². The molecule has 45 heavy (non-hydrogen) atoms. The zero-order valence-electron chi connectivity index (χ0n) is 28.4. The Kier molecular flexibility index (Phi) is 19.2. The van der Waals surface area contributed by atoms with E-state index in [0.29, 0.717) is 30.2 Å². The number of nitrogens with zero attached hydrogens (tertiary/aromatic N) is 2. The fourth-order valence-corrected chi connectivity index (χ4v) is 6.61. The second kappa shape index (κ2) is 23.2. The summed E-state index contributed by atoms with van der Waals surface area (Å²) < 4.78 is 12.4. The highest BCUT2D eigenvalue weighted by Gasteiger charge is 2.29. The molecule has 0 bridgehead atoms. The van der Waals surface area contributed by atoms with Gasteiger partial charge in [-0.2, -0.15) is 0 Å². The summed E-state index contributed by atoms with van der Waals surface area (Å²) in [6.45, 7) is 6.29. The van der Waals surface area contributed by atoms with Gasteiger partial charge in [0.15, 0.2) is 0 Å². The Morgan fingerprint density at radius 1 is 0.489 bits per heavy atom. The Morgan fingerprint density at radius 3 is 1.16 bits per heavy atom. The van der Waals surface area contributed by atoms with Gasteiger partial charge in [-0.1, -0.05) is 166 Å². The molecule has 4 nitrogen and oxygen atoms in total. The van der Waals surface area contributed by atoms with E-state index >= 15 is 0 Å². The Labute approximate surface area is 286 Å². The van der Waals surface area contributed by atoms with Gasteiger partial charge in [0.1, 0.15) is 6.67 Å². The molecule has 0 spiro atoms. The van der Waals surface area contributed by atoms with Crippen LogP contribution in [0.1, 0.15) is 142 Å². The lowest BCUT2D eigenvalue weighted by atomic mass is 10.0. The van der Waals surface area contributed by atoms with Crippen molar-refractivity contribution in [3.8, 4) is 11.1 Å². The molecule has 1 aliphatic rings. The van der Waals surface area contributed by atoms with Crippen molar-refractivity contribution >= 4 is 46.2 Å². The molecule has 0 N–H and O–H groups in total. The number of fused-ring (bicyclic) bond motifs is 3. The average molecular weight is 653 g/mol. The summed E-state index contributed by atoms with van der Waals surface area (Å²) in [5.74, 6) is 0. The molecule has 1 heterocycles. The largest absolute Gasteiger partial charge is 0.471 e. The van der Waals surface area contributed by atoms with Gasteiger partial charge in [-0.15, -0.1) is 0 Å². The molecular weight excluding hydrogens is 593 g/mol. The van der Waals surface area contributed by atoms with Crippen molar-refractivity contribution in [2.45, 2.75) is 142 Å². The van der Waals surface area contributed by atoms with Crippen molar-refractivity contribution < 1.29 is 9.47 Å². The third-order valence-electron chi connectivity index (χ3n) is 8.85. The van der Waals surface area contributed by atoms with Gasteiger partial charge in [-0.25, -0.2) is 0 Å². The number of hydrogen-bond acceptors (Lipinski definition) is 4. The highest BCUT2D eigenvalue weighted by atomic mass is 32.1. The Balaban J connectivity index is 1.49. The van der Waals surface area contributed by atoms with E-state index in [1.165, 1.54) is 116 Å². The average Bonchev–Trinajstić information content (AvgIpc) is 3.21. The van der Waals surface area contributed by atoms with Crippen LogP contribution in [-0.4, -0.2) is 30.2 Å². The SMILES string of the molecule is CCCCCCCCCCCCOC(=S)N1CN(C(=S)OCCCCCCCCCCCC)c2ccccc2-c2ccccc21. The van der Waals surface area contributed by atoms with E-state index in [2.05, 4.69) is 72.2 Å². The van der Waals surface area contributed by atoms with Gasteiger partial charge in [0, 0.05) is 11.1 Å². The van der Waals surface area contributed by atoms with Gasteiger partial charge in [0.25, 0.3) is 10.3 Å². The molecule has 0 radical (unpaired) electrons. The van der Waals surface area contributed by atoms with Crippen molar-refractivity contribution in [3.05, 3.63) is 48.5 Å². The molecule has 6 heteroatoms. The number of anilines is 2. The first-order chi connectivity index (χ1) is 22.2. The van der Waals surface area contributed by atoms with E-state index < -0.39 is 0 Å². The predicted octanol–water partition coefficient (Wildman–Crippen LogP) is 12.4. The molecule has 0 unspecified atom stereocenters. The number of hydrogen-bond donors (Lipinski definition) is 0. The smallest absolute Gasteiger partial charge is 0.265 e. The van der Waals surface area contributed by atoms with Crippen LogP contribution >= 0.6 is 24.4 Å². The molecule has 0 aliphatic carbocycles. The zero-order chi connectivity index (χ0) is 32.0. The topological polar surface area (TPSA) is 24.9 Å². The summed E-state index contributed by atoms with van der Waals surface area (Å²) in [5, 5.41) is 0.988. The predicted molar refractivity (Wildman–Crippen MR) is 202 cm³/mol. The third-order valence-corrected chi connectivity index (χ3v) is 9.53. The van der Waals surface area contributed by atoms with Crippen LogP contribution in [-0.2, 0) is 9.47 Å². The van der Waals surface area contributed by atoms with E-state index in [-0.39, 0.29) is 0 Å². The van der Waals surface area contributed by atoms with E-state index in [0.717, 1.165) is 35.3 Å². The fraction of sp³-hybridized carbons (Fsp3) is 0.641. The van der Waals surface area contributed by atoms with Crippen molar-refractivity contribution in [2.24, 2.45) is 0 Å². The van der Waals surface area contributed by atoms with Gasteiger partial charge in [-0.3, -0.25) is 9.80 Å². The maximum absolute atomic E-state index is 6.21. The lowest BCUT2D eigenvalue weighted by Crippen LogP contribution is -2.44. The Morgan fingerprint density at radius 2 is 0.800 bits per heavy atom. The number of thiocarbonyl (C=S) groups is 2. The normalized spacial score (nSPS) is 12.4. The number of para-hydroxylation sites is 2. The van der Waals surface area contributed by atoms with E-state index in [1.807, 2.05) is 0 Å². The van der Waals surface area contributed by atoms with Crippen LogP contribution < -0.4 is 9.80 Å². The van der Waals surface area contributed by atoms with Gasteiger partial charge < -0.3 is 9.47 Å².